The molecule has 0 fully saturated rings. The van der Waals surface area contributed by atoms with E-state index in [1.807, 2.05) is 46.0 Å². The van der Waals surface area contributed by atoms with Gasteiger partial charge in [0.25, 0.3) is 0 Å². The number of hydrogen-bond acceptors (Lipinski definition) is 5. The summed E-state index contributed by atoms with van der Waals surface area (Å²) >= 11 is 0. The molecule has 2 N–H and O–H groups in total. The second kappa shape index (κ2) is 6.58. The lowest BCUT2D eigenvalue weighted by atomic mass is 10.1. The molecule has 2 rings (SSSR count). The molecule has 6 heteroatoms. The maximum absolute atomic E-state index is 6.25. The number of aromatic nitrogens is 3. The summed E-state index contributed by atoms with van der Waals surface area (Å²) in [5.41, 5.74) is 7.15. The van der Waals surface area contributed by atoms with Crippen molar-refractivity contribution in [2.45, 2.75) is 26.8 Å². The van der Waals surface area contributed by atoms with Crippen LogP contribution >= 0.6 is 0 Å². The van der Waals surface area contributed by atoms with E-state index in [4.69, 9.17) is 15.2 Å². The molecule has 21 heavy (non-hydrogen) atoms. The van der Waals surface area contributed by atoms with E-state index in [1.165, 1.54) is 0 Å². The van der Waals surface area contributed by atoms with Crippen molar-refractivity contribution in [3.63, 3.8) is 0 Å². The molecular formula is C15H22N4O2. The lowest BCUT2D eigenvalue weighted by Crippen LogP contribution is -2.14. The van der Waals surface area contributed by atoms with Gasteiger partial charge in [-0.25, -0.2) is 4.98 Å². The van der Waals surface area contributed by atoms with E-state index in [1.54, 1.807) is 4.68 Å². The first-order valence-electron chi connectivity index (χ1n) is 7.09. The van der Waals surface area contributed by atoms with Crippen LogP contribution in [0.15, 0.2) is 18.2 Å². The molecule has 0 bridgehead atoms. The Bertz CT molecular complexity index is 590. The molecule has 0 spiro atoms. The van der Waals surface area contributed by atoms with Crippen LogP contribution in [0, 0.1) is 6.92 Å². The minimum absolute atomic E-state index is 0.389. The van der Waals surface area contributed by atoms with E-state index in [0.717, 1.165) is 17.1 Å². The van der Waals surface area contributed by atoms with Crippen LogP contribution in [0.25, 0.3) is 0 Å². The zero-order valence-electron chi connectivity index (χ0n) is 13.0. The fraction of sp³-hybridized carbons (Fsp3) is 0.467. The summed E-state index contributed by atoms with van der Waals surface area (Å²) in [6.45, 7) is 6.93. The van der Waals surface area contributed by atoms with Gasteiger partial charge in [0.15, 0.2) is 17.3 Å². The molecular weight excluding hydrogens is 268 g/mol. The zero-order chi connectivity index (χ0) is 15.4. The van der Waals surface area contributed by atoms with Gasteiger partial charge in [-0.1, -0.05) is 6.07 Å². The summed E-state index contributed by atoms with van der Waals surface area (Å²) in [5, 5.41) is 4.33. The molecule has 2 aromatic rings. The van der Waals surface area contributed by atoms with Gasteiger partial charge in [-0.2, -0.15) is 5.10 Å². The highest BCUT2D eigenvalue weighted by molar-refractivity contribution is 5.44. The van der Waals surface area contributed by atoms with Crippen LogP contribution < -0.4 is 15.2 Å². The number of ether oxygens (including phenoxy) is 2. The van der Waals surface area contributed by atoms with Crippen molar-refractivity contribution in [2.24, 2.45) is 12.8 Å². The van der Waals surface area contributed by atoms with Gasteiger partial charge in [0.1, 0.15) is 5.82 Å². The Morgan fingerprint density at radius 2 is 1.86 bits per heavy atom. The van der Waals surface area contributed by atoms with Crippen LogP contribution in [0.5, 0.6) is 11.5 Å². The third-order valence-corrected chi connectivity index (χ3v) is 3.20. The van der Waals surface area contributed by atoms with E-state index >= 15 is 0 Å². The van der Waals surface area contributed by atoms with Gasteiger partial charge >= 0.3 is 0 Å². The van der Waals surface area contributed by atoms with Crippen molar-refractivity contribution in [2.75, 3.05) is 13.2 Å². The average molecular weight is 290 g/mol. The zero-order valence-corrected chi connectivity index (χ0v) is 13.0. The van der Waals surface area contributed by atoms with Crippen LogP contribution in [-0.2, 0) is 7.05 Å². The predicted molar refractivity (Wildman–Crippen MR) is 80.6 cm³/mol. The van der Waals surface area contributed by atoms with E-state index < -0.39 is 0 Å². The van der Waals surface area contributed by atoms with E-state index in [0.29, 0.717) is 24.8 Å². The first-order valence-corrected chi connectivity index (χ1v) is 7.09. The lowest BCUT2D eigenvalue weighted by Gasteiger charge is -2.14. The molecule has 114 valence electrons. The van der Waals surface area contributed by atoms with E-state index in [2.05, 4.69) is 10.1 Å². The second-order valence-corrected chi connectivity index (χ2v) is 4.69. The van der Waals surface area contributed by atoms with Crippen molar-refractivity contribution in [3.05, 3.63) is 35.4 Å². The largest absolute Gasteiger partial charge is 0.490 e. The Morgan fingerprint density at radius 1 is 1.19 bits per heavy atom. The molecule has 0 saturated heterocycles. The van der Waals surface area contributed by atoms with Crippen molar-refractivity contribution >= 4 is 0 Å². The lowest BCUT2D eigenvalue weighted by molar-refractivity contribution is 0.287. The molecule has 1 heterocycles. The number of hydrogen-bond donors (Lipinski definition) is 1. The quantitative estimate of drug-likeness (QED) is 0.880. The molecule has 0 aliphatic carbocycles. The highest BCUT2D eigenvalue weighted by Crippen LogP contribution is 2.31. The normalized spacial score (nSPS) is 12.2. The van der Waals surface area contributed by atoms with Gasteiger partial charge in [0.2, 0.25) is 0 Å². The fourth-order valence-corrected chi connectivity index (χ4v) is 2.03. The third-order valence-electron chi connectivity index (χ3n) is 3.20. The van der Waals surface area contributed by atoms with Crippen molar-refractivity contribution in [1.82, 2.24) is 14.8 Å². The molecule has 1 aromatic carbocycles. The van der Waals surface area contributed by atoms with Gasteiger partial charge in [0, 0.05) is 7.05 Å². The van der Waals surface area contributed by atoms with E-state index in [9.17, 15) is 0 Å². The monoisotopic (exact) mass is 290 g/mol. The highest BCUT2D eigenvalue weighted by atomic mass is 16.5. The van der Waals surface area contributed by atoms with Crippen LogP contribution in [-0.4, -0.2) is 28.0 Å². The van der Waals surface area contributed by atoms with Crippen LogP contribution in [0.1, 0.15) is 37.1 Å². The summed E-state index contributed by atoms with van der Waals surface area (Å²) in [4.78, 5) is 4.38. The Hall–Kier alpha value is -2.08. The summed E-state index contributed by atoms with van der Waals surface area (Å²) in [7, 11) is 1.85. The van der Waals surface area contributed by atoms with Gasteiger partial charge in [-0.15, -0.1) is 0 Å². The molecule has 1 aromatic heterocycles. The van der Waals surface area contributed by atoms with Gasteiger partial charge in [-0.3, -0.25) is 4.68 Å². The summed E-state index contributed by atoms with van der Waals surface area (Å²) < 4.78 is 12.9. The van der Waals surface area contributed by atoms with Gasteiger partial charge in [0.05, 0.1) is 19.3 Å². The van der Waals surface area contributed by atoms with Crippen molar-refractivity contribution in [3.8, 4) is 11.5 Å². The van der Waals surface area contributed by atoms with Crippen molar-refractivity contribution < 1.29 is 9.47 Å². The van der Waals surface area contributed by atoms with Gasteiger partial charge in [-0.05, 0) is 38.5 Å². The molecule has 0 aliphatic rings. The minimum atomic E-state index is -0.389. The Kier molecular flexibility index (Phi) is 4.80. The summed E-state index contributed by atoms with van der Waals surface area (Å²) in [6, 6.07) is 5.30. The number of nitrogens with zero attached hydrogens (tertiary/aromatic N) is 3. The molecule has 0 radical (unpaired) electrons. The van der Waals surface area contributed by atoms with Crippen LogP contribution in [0.4, 0.5) is 0 Å². The molecule has 1 unspecified atom stereocenters. The smallest absolute Gasteiger partial charge is 0.172 e. The Balaban J connectivity index is 2.32. The minimum Gasteiger partial charge on any atom is -0.490 e. The molecule has 1 atom stereocenters. The third kappa shape index (κ3) is 3.33. The molecule has 0 saturated carbocycles. The number of aryl methyl sites for hydroxylation is 2. The first kappa shape index (κ1) is 15.3. The standard InChI is InChI=1S/C15H22N4O2/c1-5-20-12-8-7-11(9-13(12)21-6-2)14(16)15-17-10(3)19(4)18-15/h7-9,14H,5-6,16H2,1-4H3. The van der Waals surface area contributed by atoms with Crippen LogP contribution in [0.3, 0.4) is 0 Å². The predicted octanol–water partition coefficient (Wildman–Crippen LogP) is 1.97. The number of rotatable bonds is 6. The van der Waals surface area contributed by atoms with Crippen LogP contribution in [0.2, 0.25) is 0 Å². The fourth-order valence-electron chi connectivity index (χ4n) is 2.03. The maximum atomic E-state index is 6.25. The van der Waals surface area contributed by atoms with Crippen molar-refractivity contribution in [1.29, 1.82) is 0 Å². The molecule has 0 aliphatic heterocycles. The first-order chi connectivity index (χ1) is 10.1. The SMILES string of the molecule is CCOc1ccc(C(N)c2nc(C)n(C)n2)cc1OCC. The number of nitrogens with two attached hydrogens (primary N) is 1. The molecule has 6 nitrogen and oxygen atoms in total. The Morgan fingerprint density at radius 3 is 2.43 bits per heavy atom. The average Bonchev–Trinajstić information content (AvgIpc) is 2.80. The highest BCUT2D eigenvalue weighted by Gasteiger charge is 2.17. The molecule has 0 amide bonds. The maximum Gasteiger partial charge on any atom is 0.172 e. The summed E-state index contributed by atoms with van der Waals surface area (Å²) in [6.07, 6.45) is 0. The van der Waals surface area contributed by atoms with Gasteiger partial charge < -0.3 is 15.2 Å². The topological polar surface area (TPSA) is 75.2 Å². The second-order valence-electron chi connectivity index (χ2n) is 4.69. The van der Waals surface area contributed by atoms with E-state index in [-0.39, 0.29) is 6.04 Å². The Labute approximate surface area is 124 Å². The summed E-state index contributed by atoms with van der Waals surface area (Å²) in [5.74, 6) is 2.85. The number of benzene rings is 1.